The molecule has 1 amide bonds. The molecule has 1 aromatic rings. The highest BCUT2D eigenvalue weighted by Crippen LogP contribution is 2.09. The van der Waals surface area contributed by atoms with Gasteiger partial charge in [-0.2, -0.15) is 0 Å². The summed E-state index contributed by atoms with van der Waals surface area (Å²) in [7, 11) is 0. The Morgan fingerprint density at radius 1 is 1.47 bits per heavy atom. The predicted molar refractivity (Wildman–Crippen MR) is 59.8 cm³/mol. The first kappa shape index (κ1) is 12.0. The molecule has 1 atom stereocenters. The van der Waals surface area contributed by atoms with Gasteiger partial charge in [0.15, 0.2) is 0 Å². The van der Waals surface area contributed by atoms with Gasteiger partial charge in [-0.3, -0.25) is 4.79 Å². The van der Waals surface area contributed by atoms with Crippen molar-refractivity contribution in [3.8, 4) is 0 Å². The minimum absolute atomic E-state index is 0.0989. The van der Waals surface area contributed by atoms with Crippen molar-refractivity contribution in [1.29, 1.82) is 0 Å². The van der Waals surface area contributed by atoms with Crippen LogP contribution in [0.25, 0.3) is 0 Å². The molecule has 0 unspecified atom stereocenters. The number of amides is 1. The molecule has 2 N–H and O–H groups in total. The Kier molecular flexibility index (Phi) is 4.59. The Hall–Kier alpha value is -1.06. The fourth-order valence-electron chi connectivity index (χ4n) is 1.11. The molecule has 15 heavy (non-hydrogen) atoms. The monoisotopic (exact) mass is 227 g/mol. The van der Waals surface area contributed by atoms with Crippen LogP contribution >= 0.6 is 11.6 Å². The van der Waals surface area contributed by atoms with Gasteiger partial charge in [0.2, 0.25) is 5.91 Å². The van der Waals surface area contributed by atoms with Crippen LogP contribution in [0.3, 0.4) is 0 Å². The molecule has 0 radical (unpaired) electrons. The number of nitrogens with one attached hydrogen (secondary N) is 1. The van der Waals surface area contributed by atoms with E-state index in [1.54, 1.807) is 19.1 Å². The third-order valence-corrected chi connectivity index (χ3v) is 2.12. The van der Waals surface area contributed by atoms with Crippen LogP contribution in [0.4, 0.5) is 0 Å². The molecule has 0 aliphatic carbocycles. The zero-order chi connectivity index (χ0) is 11.3. The van der Waals surface area contributed by atoms with Crippen molar-refractivity contribution < 1.29 is 9.90 Å². The molecular weight excluding hydrogens is 214 g/mol. The molecule has 0 heterocycles. The third kappa shape index (κ3) is 4.81. The van der Waals surface area contributed by atoms with Gasteiger partial charge in [0.05, 0.1) is 12.5 Å². The molecule has 1 aromatic carbocycles. The number of hydrogen-bond acceptors (Lipinski definition) is 2. The van der Waals surface area contributed by atoms with E-state index in [-0.39, 0.29) is 12.5 Å². The van der Waals surface area contributed by atoms with Gasteiger partial charge in [-0.25, -0.2) is 0 Å². The van der Waals surface area contributed by atoms with Crippen LogP contribution in [-0.2, 0) is 11.2 Å². The summed E-state index contributed by atoms with van der Waals surface area (Å²) >= 11 is 5.72. The van der Waals surface area contributed by atoms with Crippen LogP contribution < -0.4 is 5.32 Å². The first-order chi connectivity index (χ1) is 7.08. The van der Waals surface area contributed by atoms with Crippen molar-refractivity contribution in [3.05, 3.63) is 34.9 Å². The quantitative estimate of drug-likeness (QED) is 0.817. The minimum atomic E-state index is -0.515. The topological polar surface area (TPSA) is 49.3 Å². The summed E-state index contributed by atoms with van der Waals surface area (Å²) in [5.41, 5.74) is 0.905. The summed E-state index contributed by atoms with van der Waals surface area (Å²) in [6.07, 6.45) is -0.205. The Balaban J connectivity index is 2.41. The summed E-state index contributed by atoms with van der Waals surface area (Å²) in [5, 5.41) is 12.3. The Bertz CT molecular complexity index is 322. The minimum Gasteiger partial charge on any atom is -0.392 e. The third-order valence-electron chi connectivity index (χ3n) is 1.87. The largest absolute Gasteiger partial charge is 0.392 e. The van der Waals surface area contributed by atoms with Crippen molar-refractivity contribution in [2.45, 2.75) is 19.4 Å². The maximum atomic E-state index is 11.3. The van der Waals surface area contributed by atoms with Crippen LogP contribution in [0.15, 0.2) is 24.3 Å². The zero-order valence-electron chi connectivity index (χ0n) is 8.53. The molecule has 0 bridgehead atoms. The molecule has 1 rings (SSSR count). The molecule has 0 spiro atoms. The summed E-state index contributed by atoms with van der Waals surface area (Å²) in [6.45, 7) is 1.91. The highest BCUT2D eigenvalue weighted by atomic mass is 35.5. The average molecular weight is 228 g/mol. The molecule has 0 saturated heterocycles. The lowest BCUT2D eigenvalue weighted by molar-refractivity contribution is -0.120. The predicted octanol–water partition coefficient (Wildman–Crippen LogP) is 1.38. The molecule has 0 aromatic heterocycles. The number of carbonyl (C=O) groups is 1. The molecule has 0 aliphatic rings. The van der Waals surface area contributed by atoms with E-state index in [9.17, 15) is 4.79 Å². The second-order valence-corrected chi connectivity index (χ2v) is 3.89. The van der Waals surface area contributed by atoms with Crippen LogP contribution in [-0.4, -0.2) is 23.7 Å². The summed E-state index contributed by atoms with van der Waals surface area (Å²) in [6, 6.07) is 7.12. The van der Waals surface area contributed by atoms with Crippen molar-refractivity contribution in [2.75, 3.05) is 6.54 Å². The lowest BCUT2D eigenvalue weighted by Crippen LogP contribution is -2.31. The van der Waals surface area contributed by atoms with Gasteiger partial charge in [-0.05, 0) is 24.6 Å². The maximum Gasteiger partial charge on any atom is 0.224 e. The second kappa shape index (κ2) is 5.73. The fourth-order valence-corrected chi connectivity index (χ4v) is 1.24. The van der Waals surface area contributed by atoms with Crippen molar-refractivity contribution in [2.24, 2.45) is 0 Å². The molecule has 0 saturated carbocycles. The lowest BCUT2D eigenvalue weighted by Gasteiger charge is -2.06. The molecule has 0 fully saturated rings. The van der Waals surface area contributed by atoms with Gasteiger partial charge in [0.1, 0.15) is 0 Å². The Labute approximate surface area is 94.1 Å². The molecular formula is C11H14ClNO2. The number of aliphatic hydroxyl groups excluding tert-OH is 1. The van der Waals surface area contributed by atoms with E-state index < -0.39 is 6.10 Å². The number of halogens is 1. The fraction of sp³-hybridized carbons (Fsp3) is 0.364. The first-order valence-corrected chi connectivity index (χ1v) is 5.15. The van der Waals surface area contributed by atoms with Crippen molar-refractivity contribution in [3.63, 3.8) is 0 Å². The Morgan fingerprint density at radius 2 is 2.07 bits per heavy atom. The normalized spacial score (nSPS) is 12.2. The number of benzene rings is 1. The smallest absolute Gasteiger partial charge is 0.224 e. The van der Waals surface area contributed by atoms with Crippen LogP contribution in [0.2, 0.25) is 5.02 Å². The van der Waals surface area contributed by atoms with Crippen LogP contribution in [0, 0.1) is 0 Å². The maximum absolute atomic E-state index is 11.3. The van der Waals surface area contributed by atoms with Gasteiger partial charge < -0.3 is 10.4 Å². The Morgan fingerprint density at radius 3 is 2.60 bits per heavy atom. The number of carbonyl (C=O) groups excluding carboxylic acids is 1. The summed E-state index contributed by atoms with van der Waals surface area (Å²) in [4.78, 5) is 11.3. The van der Waals surface area contributed by atoms with Crippen molar-refractivity contribution >= 4 is 17.5 Å². The number of rotatable bonds is 4. The molecule has 0 aliphatic heterocycles. The van der Waals surface area contributed by atoms with E-state index in [4.69, 9.17) is 16.7 Å². The van der Waals surface area contributed by atoms with Gasteiger partial charge in [0, 0.05) is 11.6 Å². The van der Waals surface area contributed by atoms with E-state index in [0.29, 0.717) is 11.4 Å². The second-order valence-electron chi connectivity index (χ2n) is 3.46. The van der Waals surface area contributed by atoms with Crippen LogP contribution in [0.1, 0.15) is 12.5 Å². The average Bonchev–Trinajstić information content (AvgIpc) is 2.19. The first-order valence-electron chi connectivity index (χ1n) is 4.77. The van der Waals surface area contributed by atoms with Gasteiger partial charge in [-0.15, -0.1) is 0 Å². The van der Waals surface area contributed by atoms with E-state index in [0.717, 1.165) is 5.56 Å². The highest BCUT2D eigenvalue weighted by Gasteiger charge is 2.04. The van der Waals surface area contributed by atoms with E-state index in [1.807, 2.05) is 12.1 Å². The van der Waals surface area contributed by atoms with Crippen LogP contribution in [0.5, 0.6) is 0 Å². The van der Waals surface area contributed by atoms with Gasteiger partial charge >= 0.3 is 0 Å². The summed E-state index contributed by atoms with van der Waals surface area (Å²) in [5.74, 6) is -0.0989. The summed E-state index contributed by atoms with van der Waals surface area (Å²) < 4.78 is 0. The van der Waals surface area contributed by atoms with E-state index in [1.165, 1.54) is 0 Å². The van der Waals surface area contributed by atoms with E-state index >= 15 is 0 Å². The van der Waals surface area contributed by atoms with Crippen molar-refractivity contribution in [1.82, 2.24) is 5.32 Å². The SMILES string of the molecule is C[C@H](O)CNC(=O)Cc1ccc(Cl)cc1. The highest BCUT2D eigenvalue weighted by molar-refractivity contribution is 6.30. The molecule has 3 nitrogen and oxygen atoms in total. The number of hydrogen-bond donors (Lipinski definition) is 2. The standard InChI is InChI=1S/C11H14ClNO2/c1-8(14)7-13-11(15)6-9-2-4-10(12)5-3-9/h2-5,8,14H,6-7H2,1H3,(H,13,15)/t8-/m0/s1. The van der Waals surface area contributed by atoms with Gasteiger partial charge in [0.25, 0.3) is 0 Å². The van der Waals surface area contributed by atoms with Gasteiger partial charge in [-0.1, -0.05) is 23.7 Å². The molecule has 82 valence electrons. The van der Waals surface area contributed by atoms with E-state index in [2.05, 4.69) is 5.32 Å². The molecule has 4 heteroatoms. The number of aliphatic hydroxyl groups is 1. The lowest BCUT2D eigenvalue weighted by atomic mass is 10.1. The zero-order valence-corrected chi connectivity index (χ0v) is 9.29.